The molecule has 4 rings (SSSR count). The first-order valence-electron chi connectivity index (χ1n) is 14.7. The number of fused-ring (bicyclic) bond motifs is 1. The van der Waals surface area contributed by atoms with E-state index < -0.39 is 12.3 Å². The second-order valence-corrected chi connectivity index (χ2v) is 12.5. The SMILES string of the molecule is C=C(CN1CCOCC1)C(=O)NC[C@@H](NC(=O)[C@H](Cc1nc2ccc(C(C)C)cc2s1)NC(C)O)C1CCOCC1. The summed E-state index contributed by atoms with van der Waals surface area (Å²) in [5.41, 5.74) is 2.65. The molecule has 0 radical (unpaired) electrons. The van der Waals surface area contributed by atoms with Crippen LogP contribution in [-0.2, 0) is 25.5 Å². The largest absolute Gasteiger partial charge is 0.381 e. The smallest absolute Gasteiger partial charge is 0.247 e. The second-order valence-electron chi connectivity index (χ2n) is 11.4. The predicted molar refractivity (Wildman–Crippen MR) is 161 cm³/mol. The summed E-state index contributed by atoms with van der Waals surface area (Å²) in [4.78, 5) is 33.5. The molecule has 0 aliphatic carbocycles. The number of nitrogens with zero attached hydrogens (tertiary/aromatic N) is 2. The molecule has 1 aromatic carbocycles. The number of nitrogens with one attached hydrogen (secondary N) is 3. The number of hydrogen-bond acceptors (Lipinski definition) is 9. The van der Waals surface area contributed by atoms with E-state index in [0.717, 1.165) is 41.2 Å². The Labute approximate surface area is 246 Å². The lowest BCUT2D eigenvalue weighted by molar-refractivity contribution is -0.126. The van der Waals surface area contributed by atoms with E-state index in [4.69, 9.17) is 14.5 Å². The van der Waals surface area contributed by atoms with Crippen molar-refractivity contribution in [1.29, 1.82) is 0 Å². The molecule has 0 saturated carbocycles. The minimum atomic E-state index is -0.877. The predicted octanol–water partition coefficient (Wildman–Crippen LogP) is 2.17. The highest BCUT2D eigenvalue weighted by Crippen LogP contribution is 2.27. The molecule has 3 atom stereocenters. The Kier molecular flexibility index (Phi) is 11.7. The van der Waals surface area contributed by atoms with Gasteiger partial charge in [0.25, 0.3) is 0 Å². The normalized spacial score (nSPS) is 19.1. The molecule has 2 aliphatic heterocycles. The third-order valence-corrected chi connectivity index (χ3v) is 8.79. The third-order valence-electron chi connectivity index (χ3n) is 7.75. The van der Waals surface area contributed by atoms with Crippen LogP contribution in [0.15, 0.2) is 30.4 Å². The Balaban J connectivity index is 1.42. The van der Waals surface area contributed by atoms with Crippen LogP contribution in [0.2, 0.25) is 0 Å². The number of rotatable bonds is 13. The lowest BCUT2D eigenvalue weighted by atomic mass is 9.91. The zero-order valence-electron chi connectivity index (χ0n) is 24.5. The van der Waals surface area contributed by atoms with Crippen LogP contribution in [0.3, 0.4) is 0 Å². The fraction of sp³-hybridized carbons (Fsp3) is 0.633. The maximum atomic E-state index is 13.6. The zero-order chi connectivity index (χ0) is 29.4. The molecule has 4 N–H and O–H groups in total. The summed E-state index contributed by atoms with van der Waals surface area (Å²) in [7, 11) is 0. The second kappa shape index (κ2) is 15.2. The average Bonchev–Trinajstić information content (AvgIpc) is 3.37. The van der Waals surface area contributed by atoms with Gasteiger partial charge in [0.2, 0.25) is 11.8 Å². The van der Waals surface area contributed by atoms with Crippen LogP contribution in [0, 0.1) is 5.92 Å². The number of carbonyl (C=O) groups excluding carboxylic acids is 2. The van der Waals surface area contributed by atoms with Gasteiger partial charge < -0.3 is 25.2 Å². The standard InChI is InChI=1S/C30H45N5O5S/c1-19(2)23-5-6-24-27(15-23)41-28(33-24)16-25(32-21(4)36)30(38)34-26(22-7-11-39-12-8-22)17-31-29(37)20(3)18-35-9-13-40-14-10-35/h5-6,15,19,21-22,25-26,32,36H,3,7-14,16-18H2,1-2,4H3,(H,31,37)(H,34,38)/t21?,25-,26+/m0/s1. The molecular formula is C30H45N5O5S. The minimum absolute atomic E-state index is 0.157. The monoisotopic (exact) mass is 587 g/mol. The molecule has 2 amide bonds. The number of benzene rings is 1. The van der Waals surface area contributed by atoms with Gasteiger partial charge in [-0.15, -0.1) is 11.3 Å². The molecule has 41 heavy (non-hydrogen) atoms. The van der Waals surface area contributed by atoms with Crippen LogP contribution in [0.4, 0.5) is 0 Å². The number of thiazole rings is 1. The zero-order valence-corrected chi connectivity index (χ0v) is 25.3. The summed E-state index contributed by atoms with van der Waals surface area (Å²) in [6.45, 7) is 14.8. The number of aromatic nitrogens is 1. The molecule has 0 bridgehead atoms. The summed E-state index contributed by atoms with van der Waals surface area (Å²) in [6.07, 6.45) is 1.05. The van der Waals surface area contributed by atoms with E-state index in [-0.39, 0.29) is 30.3 Å². The molecule has 1 unspecified atom stereocenters. The lowest BCUT2D eigenvalue weighted by Crippen LogP contribution is -2.56. The number of aliphatic hydroxyl groups is 1. The number of morpholine rings is 1. The number of carbonyl (C=O) groups is 2. The van der Waals surface area contributed by atoms with Gasteiger partial charge in [-0.1, -0.05) is 26.5 Å². The van der Waals surface area contributed by atoms with Crippen LogP contribution in [-0.4, -0.2) is 97.7 Å². The van der Waals surface area contributed by atoms with E-state index in [1.54, 1.807) is 18.3 Å². The Bertz CT molecular complexity index is 1170. The van der Waals surface area contributed by atoms with Crippen LogP contribution >= 0.6 is 11.3 Å². The molecule has 11 heteroatoms. The first-order valence-corrected chi connectivity index (χ1v) is 15.5. The molecule has 2 fully saturated rings. The Hall–Kier alpha value is -2.41. The van der Waals surface area contributed by atoms with E-state index in [1.807, 2.05) is 6.07 Å². The van der Waals surface area contributed by atoms with Crippen molar-refractivity contribution in [3.63, 3.8) is 0 Å². The van der Waals surface area contributed by atoms with Crippen molar-refractivity contribution < 1.29 is 24.2 Å². The van der Waals surface area contributed by atoms with Crippen molar-refractivity contribution in [3.05, 3.63) is 40.9 Å². The maximum Gasteiger partial charge on any atom is 0.247 e. The number of amides is 2. The molecule has 2 aliphatic rings. The van der Waals surface area contributed by atoms with Gasteiger partial charge in [0.05, 0.1) is 34.5 Å². The highest BCUT2D eigenvalue weighted by molar-refractivity contribution is 7.18. The van der Waals surface area contributed by atoms with Gasteiger partial charge in [0.1, 0.15) is 6.23 Å². The van der Waals surface area contributed by atoms with E-state index in [1.165, 1.54) is 5.56 Å². The van der Waals surface area contributed by atoms with Crippen LogP contribution in [0.5, 0.6) is 0 Å². The fourth-order valence-electron chi connectivity index (χ4n) is 5.29. The summed E-state index contributed by atoms with van der Waals surface area (Å²) >= 11 is 1.57. The molecule has 0 spiro atoms. The molecule has 1 aromatic heterocycles. The number of hydrogen-bond donors (Lipinski definition) is 4. The average molecular weight is 588 g/mol. The van der Waals surface area contributed by atoms with Crippen LogP contribution in [0.25, 0.3) is 10.2 Å². The topological polar surface area (TPSA) is 125 Å². The van der Waals surface area contributed by atoms with E-state index >= 15 is 0 Å². The Morgan fingerprint density at radius 3 is 2.54 bits per heavy atom. The number of aliphatic hydroxyl groups excluding tert-OH is 1. The summed E-state index contributed by atoms with van der Waals surface area (Å²) in [6, 6.07) is 5.31. The molecule has 226 valence electrons. The Morgan fingerprint density at radius 1 is 1.15 bits per heavy atom. The molecule has 10 nitrogen and oxygen atoms in total. The summed E-state index contributed by atoms with van der Waals surface area (Å²) in [5.74, 6) is 0.131. The Morgan fingerprint density at radius 2 is 1.85 bits per heavy atom. The first-order chi connectivity index (χ1) is 19.7. The van der Waals surface area contributed by atoms with Gasteiger partial charge in [-0.2, -0.15) is 0 Å². The maximum absolute atomic E-state index is 13.6. The van der Waals surface area contributed by atoms with Crippen LogP contribution in [0.1, 0.15) is 50.1 Å². The molecule has 2 aromatic rings. The first kappa shape index (κ1) is 31.5. The van der Waals surface area contributed by atoms with E-state index in [0.29, 0.717) is 50.9 Å². The van der Waals surface area contributed by atoms with Crippen molar-refractivity contribution in [1.82, 2.24) is 25.8 Å². The lowest BCUT2D eigenvalue weighted by Gasteiger charge is -2.33. The third kappa shape index (κ3) is 9.29. The van der Waals surface area contributed by atoms with Gasteiger partial charge >= 0.3 is 0 Å². The fourth-order valence-corrected chi connectivity index (χ4v) is 6.36. The van der Waals surface area contributed by atoms with Crippen molar-refractivity contribution in [2.45, 2.75) is 64.3 Å². The van der Waals surface area contributed by atoms with Gasteiger partial charge in [0.15, 0.2) is 0 Å². The molecular weight excluding hydrogens is 542 g/mol. The highest BCUT2D eigenvalue weighted by atomic mass is 32.1. The van der Waals surface area contributed by atoms with Crippen molar-refractivity contribution in [3.8, 4) is 0 Å². The molecule has 2 saturated heterocycles. The van der Waals surface area contributed by atoms with Gasteiger partial charge in [-0.05, 0) is 49.3 Å². The molecule has 3 heterocycles. The van der Waals surface area contributed by atoms with Gasteiger partial charge in [-0.3, -0.25) is 19.8 Å². The quantitative estimate of drug-likeness (QED) is 0.208. The van der Waals surface area contributed by atoms with Gasteiger partial charge in [0, 0.05) is 57.4 Å². The number of ether oxygens (including phenoxy) is 2. The summed E-state index contributed by atoms with van der Waals surface area (Å²) < 4.78 is 12.0. The van der Waals surface area contributed by atoms with Gasteiger partial charge in [-0.25, -0.2) is 4.98 Å². The summed E-state index contributed by atoms with van der Waals surface area (Å²) in [5, 5.41) is 20.2. The minimum Gasteiger partial charge on any atom is -0.381 e. The highest BCUT2D eigenvalue weighted by Gasteiger charge is 2.30. The van der Waals surface area contributed by atoms with Crippen LogP contribution < -0.4 is 16.0 Å². The van der Waals surface area contributed by atoms with E-state index in [9.17, 15) is 14.7 Å². The van der Waals surface area contributed by atoms with Crippen molar-refractivity contribution in [2.24, 2.45) is 5.92 Å². The van der Waals surface area contributed by atoms with Crippen molar-refractivity contribution in [2.75, 3.05) is 52.6 Å². The van der Waals surface area contributed by atoms with E-state index in [2.05, 4.69) is 53.4 Å². The van der Waals surface area contributed by atoms with Crippen molar-refractivity contribution >= 4 is 33.4 Å².